The predicted molar refractivity (Wildman–Crippen MR) is 238 cm³/mol. The molecule has 0 bridgehead atoms. The van der Waals surface area contributed by atoms with Crippen LogP contribution < -0.4 is 0 Å². The molecule has 56 heavy (non-hydrogen) atoms. The van der Waals surface area contributed by atoms with Crippen LogP contribution in [0.15, 0.2) is 188 Å². The molecule has 12 aromatic rings. The molecule has 9 aromatic carbocycles. The van der Waals surface area contributed by atoms with Gasteiger partial charge in [-0.15, -0.1) is 11.3 Å². The lowest BCUT2D eigenvalue weighted by Gasteiger charge is -2.15. The zero-order valence-corrected chi connectivity index (χ0v) is 31.0. The van der Waals surface area contributed by atoms with Crippen molar-refractivity contribution in [3.05, 3.63) is 188 Å². The number of rotatable bonds is 4. The lowest BCUT2D eigenvalue weighted by molar-refractivity contribution is 1.17. The number of nitrogens with zero attached hydrogens (tertiary/aromatic N) is 3. The van der Waals surface area contributed by atoms with E-state index in [9.17, 15) is 0 Å². The van der Waals surface area contributed by atoms with Crippen LogP contribution in [0.1, 0.15) is 0 Å². The molecule has 0 amide bonds. The lowest BCUT2D eigenvalue weighted by atomic mass is 9.96. The quantitative estimate of drug-likeness (QED) is 0.181. The van der Waals surface area contributed by atoms with Gasteiger partial charge in [-0.1, -0.05) is 146 Å². The average Bonchev–Trinajstić information content (AvgIpc) is 3.82. The van der Waals surface area contributed by atoms with E-state index in [1.807, 2.05) is 11.3 Å². The number of benzene rings is 9. The molecule has 0 atom stereocenters. The first-order valence-electron chi connectivity index (χ1n) is 19.0. The summed E-state index contributed by atoms with van der Waals surface area (Å²) in [5, 5.41) is 12.2. The van der Waals surface area contributed by atoms with Gasteiger partial charge < -0.3 is 4.57 Å². The third-order valence-corrected chi connectivity index (χ3v) is 12.6. The van der Waals surface area contributed by atoms with Crippen molar-refractivity contribution in [1.29, 1.82) is 0 Å². The Morgan fingerprint density at radius 3 is 1.98 bits per heavy atom. The number of para-hydroxylation sites is 2. The first-order valence-corrected chi connectivity index (χ1v) is 19.8. The number of fused-ring (bicyclic) bond motifs is 11. The standard InChI is InChI=1S/C52H31N3S/c1-2-17-36(18-3-1)55-46-23-10-8-21-42(46)49-47(55)30-43(40-27-28-41-39-20-9-11-24-48(39)56-51(41)50(40)49)52-53-44(35-26-25-32-13-4-5-15-34(32)29-35)31-45(54-52)38-22-12-16-33-14-6-7-19-37(33)38/h1-31H. The molecule has 0 aliphatic carbocycles. The van der Waals surface area contributed by atoms with Crippen LogP contribution in [-0.4, -0.2) is 14.5 Å². The highest BCUT2D eigenvalue weighted by Crippen LogP contribution is 2.47. The molecule has 0 aliphatic heterocycles. The van der Waals surface area contributed by atoms with Gasteiger partial charge >= 0.3 is 0 Å². The van der Waals surface area contributed by atoms with Crippen LogP contribution in [0, 0.1) is 0 Å². The molecule has 0 aliphatic rings. The highest BCUT2D eigenvalue weighted by atomic mass is 32.1. The highest BCUT2D eigenvalue weighted by molar-refractivity contribution is 7.26. The van der Waals surface area contributed by atoms with E-state index < -0.39 is 0 Å². The van der Waals surface area contributed by atoms with E-state index in [1.165, 1.54) is 63.4 Å². The fraction of sp³-hybridized carbons (Fsp3) is 0. The summed E-state index contributed by atoms with van der Waals surface area (Å²) in [7, 11) is 0. The summed E-state index contributed by atoms with van der Waals surface area (Å²) in [6.07, 6.45) is 0. The summed E-state index contributed by atoms with van der Waals surface area (Å²) in [4.78, 5) is 11.0. The summed E-state index contributed by atoms with van der Waals surface area (Å²) in [6, 6.07) is 67.7. The van der Waals surface area contributed by atoms with Crippen LogP contribution in [0.4, 0.5) is 0 Å². The van der Waals surface area contributed by atoms with E-state index in [-0.39, 0.29) is 0 Å². The second-order valence-electron chi connectivity index (χ2n) is 14.5. The Bertz CT molecular complexity index is 3540. The van der Waals surface area contributed by atoms with Crippen LogP contribution in [0.25, 0.3) is 114 Å². The average molecular weight is 730 g/mol. The van der Waals surface area contributed by atoms with Gasteiger partial charge in [0, 0.05) is 58.7 Å². The predicted octanol–water partition coefficient (Wildman–Crippen LogP) is 14.4. The Balaban J connectivity index is 1.25. The van der Waals surface area contributed by atoms with Crippen LogP contribution >= 0.6 is 11.3 Å². The molecule has 0 fully saturated rings. The number of thiophene rings is 1. The molecule has 4 heteroatoms. The third-order valence-electron chi connectivity index (χ3n) is 11.4. The largest absolute Gasteiger partial charge is 0.309 e. The van der Waals surface area contributed by atoms with Crippen molar-refractivity contribution in [2.75, 3.05) is 0 Å². The molecule has 260 valence electrons. The maximum Gasteiger partial charge on any atom is 0.161 e. The van der Waals surface area contributed by atoms with Gasteiger partial charge in [0.25, 0.3) is 0 Å². The van der Waals surface area contributed by atoms with E-state index >= 15 is 0 Å². The first kappa shape index (κ1) is 31.2. The van der Waals surface area contributed by atoms with Crippen molar-refractivity contribution in [2.45, 2.75) is 0 Å². The topological polar surface area (TPSA) is 30.7 Å². The minimum absolute atomic E-state index is 0.704. The molecular formula is C52H31N3S. The summed E-state index contributed by atoms with van der Waals surface area (Å²) in [5.41, 5.74) is 8.38. The Morgan fingerprint density at radius 2 is 1.09 bits per heavy atom. The maximum absolute atomic E-state index is 5.53. The van der Waals surface area contributed by atoms with Gasteiger partial charge in [-0.2, -0.15) is 0 Å². The fourth-order valence-corrected chi connectivity index (χ4v) is 10.1. The van der Waals surface area contributed by atoms with E-state index in [0.29, 0.717) is 5.82 Å². The third kappa shape index (κ3) is 4.70. The zero-order chi connectivity index (χ0) is 36.7. The summed E-state index contributed by atoms with van der Waals surface area (Å²) in [5.74, 6) is 0.704. The summed E-state index contributed by atoms with van der Waals surface area (Å²) < 4.78 is 4.98. The molecule has 3 heterocycles. The van der Waals surface area contributed by atoms with E-state index in [4.69, 9.17) is 9.97 Å². The van der Waals surface area contributed by atoms with Crippen LogP contribution in [0.2, 0.25) is 0 Å². The Morgan fingerprint density at radius 1 is 0.393 bits per heavy atom. The van der Waals surface area contributed by atoms with Crippen LogP contribution in [0.5, 0.6) is 0 Å². The van der Waals surface area contributed by atoms with E-state index in [0.717, 1.165) is 44.7 Å². The van der Waals surface area contributed by atoms with Gasteiger partial charge in [0.15, 0.2) is 5.82 Å². The van der Waals surface area contributed by atoms with E-state index in [2.05, 4.69) is 193 Å². The van der Waals surface area contributed by atoms with Gasteiger partial charge in [0.1, 0.15) is 0 Å². The maximum atomic E-state index is 5.53. The van der Waals surface area contributed by atoms with Gasteiger partial charge in [0.05, 0.1) is 22.4 Å². The second-order valence-corrected chi connectivity index (χ2v) is 15.6. The van der Waals surface area contributed by atoms with Gasteiger partial charge in [-0.05, 0) is 69.4 Å². The highest BCUT2D eigenvalue weighted by Gasteiger charge is 2.23. The van der Waals surface area contributed by atoms with Crippen molar-refractivity contribution >= 4 is 85.6 Å². The lowest BCUT2D eigenvalue weighted by Crippen LogP contribution is -1.98. The minimum Gasteiger partial charge on any atom is -0.309 e. The molecule has 0 N–H and O–H groups in total. The Kier molecular flexibility index (Phi) is 6.80. The molecule has 0 saturated carbocycles. The Hall–Kier alpha value is -7.14. The normalized spacial score (nSPS) is 11.9. The van der Waals surface area contributed by atoms with Crippen molar-refractivity contribution in [1.82, 2.24) is 14.5 Å². The van der Waals surface area contributed by atoms with Gasteiger partial charge in [-0.3, -0.25) is 0 Å². The molecular weight excluding hydrogens is 699 g/mol. The number of hydrogen-bond acceptors (Lipinski definition) is 3. The van der Waals surface area contributed by atoms with Crippen LogP contribution in [0.3, 0.4) is 0 Å². The first-order chi connectivity index (χ1) is 27.8. The van der Waals surface area contributed by atoms with E-state index in [1.54, 1.807) is 0 Å². The molecule has 3 nitrogen and oxygen atoms in total. The SMILES string of the molecule is c1ccc(-n2c3ccccc3c3c4c(ccc5c6ccccc6sc54)c(-c4nc(-c5ccc6ccccc6c5)cc(-c5cccc6ccccc56)n4)cc32)cc1. The smallest absolute Gasteiger partial charge is 0.161 e. The van der Waals surface area contributed by atoms with Gasteiger partial charge in [0.2, 0.25) is 0 Å². The zero-order valence-electron chi connectivity index (χ0n) is 30.1. The summed E-state index contributed by atoms with van der Waals surface area (Å²) in [6.45, 7) is 0. The van der Waals surface area contributed by atoms with Crippen LogP contribution in [-0.2, 0) is 0 Å². The second kappa shape index (κ2) is 12.2. The van der Waals surface area contributed by atoms with Gasteiger partial charge in [-0.25, -0.2) is 9.97 Å². The monoisotopic (exact) mass is 729 g/mol. The minimum atomic E-state index is 0.704. The molecule has 0 saturated heterocycles. The fourth-order valence-electron chi connectivity index (χ4n) is 8.83. The molecule has 0 spiro atoms. The van der Waals surface area contributed by atoms with Crippen molar-refractivity contribution < 1.29 is 0 Å². The molecule has 3 aromatic heterocycles. The molecule has 0 radical (unpaired) electrons. The Labute approximate surface area is 326 Å². The molecule has 12 rings (SSSR count). The van der Waals surface area contributed by atoms with Crippen molar-refractivity contribution in [2.24, 2.45) is 0 Å². The van der Waals surface area contributed by atoms with Crippen molar-refractivity contribution in [3.8, 4) is 39.6 Å². The molecule has 0 unspecified atom stereocenters. The number of hydrogen-bond donors (Lipinski definition) is 0. The summed E-state index contributed by atoms with van der Waals surface area (Å²) >= 11 is 1.88. The number of aromatic nitrogens is 3. The van der Waals surface area contributed by atoms with Crippen molar-refractivity contribution in [3.63, 3.8) is 0 Å².